The molecule has 1 N–H and O–H groups in total. The minimum absolute atomic E-state index is 0.316. The van der Waals surface area contributed by atoms with Gasteiger partial charge in [-0.05, 0) is 43.5 Å². The van der Waals surface area contributed by atoms with Gasteiger partial charge in [-0.3, -0.25) is 9.80 Å². The first kappa shape index (κ1) is 21.3. The minimum Gasteiger partial charge on any atom is -0.491 e. The quantitative estimate of drug-likeness (QED) is 0.725. The number of ether oxygens (including phenoxy) is 2. The third-order valence-electron chi connectivity index (χ3n) is 6.32. The van der Waals surface area contributed by atoms with Crippen LogP contribution in [0, 0.1) is 0 Å². The Kier molecular flexibility index (Phi) is 7.39. The number of rotatable bonds is 8. The van der Waals surface area contributed by atoms with E-state index in [0.29, 0.717) is 19.2 Å². The van der Waals surface area contributed by atoms with Gasteiger partial charge in [-0.1, -0.05) is 42.5 Å². The maximum absolute atomic E-state index is 10.6. The summed E-state index contributed by atoms with van der Waals surface area (Å²) in [4.78, 5) is 4.72. The summed E-state index contributed by atoms with van der Waals surface area (Å²) >= 11 is 0. The van der Waals surface area contributed by atoms with Crippen LogP contribution < -0.4 is 4.74 Å². The second-order valence-electron chi connectivity index (χ2n) is 8.59. The Morgan fingerprint density at radius 3 is 2.67 bits per heavy atom. The Balaban J connectivity index is 1.28. The van der Waals surface area contributed by atoms with Crippen molar-refractivity contribution in [2.45, 2.75) is 44.5 Å². The Bertz CT molecular complexity index is 806. The first-order valence-electron chi connectivity index (χ1n) is 11.1. The van der Waals surface area contributed by atoms with Gasteiger partial charge in [0.05, 0.1) is 0 Å². The maximum atomic E-state index is 10.6. The summed E-state index contributed by atoms with van der Waals surface area (Å²) in [5.74, 6) is 0.874. The number of hydrogen-bond donors (Lipinski definition) is 1. The molecule has 0 radical (unpaired) electrons. The van der Waals surface area contributed by atoms with Crippen molar-refractivity contribution < 1.29 is 14.6 Å². The van der Waals surface area contributed by atoms with Gasteiger partial charge in [-0.15, -0.1) is 0 Å². The molecule has 4 rings (SSSR count). The van der Waals surface area contributed by atoms with E-state index in [1.54, 1.807) is 0 Å². The van der Waals surface area contributed by atoms with Crippen molar-refractivity contribution in [1.29, 1.82) is 0 Å². The molecule has 2 aromatic carbocycles. The van der Waals surface area contributed by atoms with Crippen LogP contribution in [0.1, 0.15) is 29.5 Å². The molecular formula is C25H34N2O3. The number of hydrogen-bond acceptors (Lipinski definition) is 5. The summed E-state index contributed by atoms with van der Waals surface area (Å²) < 4.78 is 11.6. The molecule has 5 heteroatoms. The van der Waals surface area contributed by atoms with Crippen LogP contribution in [0.15, 0.2) is 48.5 Å². The molecule has 1 atom stereocenters. The van der Waals surface area contributed by atoms with E-state index in [0.717, 1.165) is 57.9 Å². The third-order valence-corrected chi connectivity index (χ3v) is 6.32. The Hall–Kier alpha value is -1.92. The molecule has 5 nitrogen and oxygen atoms in total. The predicted molar refractivity (Wildman–Crippen MR) is 119 cm³/mol. The average Bonchev–Trinajstić information content (AvgIpc) is 2.79. The van der Waals surface area contributed by atoms with Crippen LogP contribution >= 0.6 is 0 Å². The summed E-state index contributed by atoms with van der Waals surface area (Å²) in [6.45, 7) is 5.38. The lowest BCUT2D eigenvalue weighted by Crippen LogP contribution is -2.39. The second-order valence-corrected chi connectivity index (χ2v) is 8.59. The summed E-state index contributed by atoms with van der Waals surface area (Å²) in [5.41, 5.74) is 3.98. The second kappa shape index (κ2) is 10.4. The van der Waals surface area contributed by atoms with E-state index in [4.69, 9.17) is 9.47 Å². The highest BCUT2D eigenvalue weighted by Gasteiger charge is 2.21. The molecule has 30 heavy (non-hydrogen) atoms. The molecule has 0 amide bonds. The SMILES string of the molecule is CN(Cc1ccccc1OCC(O)CN1CCc2ccccc2C1)C1CCOCC1. The van der Waals surface area contributed by atoms with Crippen molar-refractivity contribution in [3.8, 4) is 5.75 Å². The van der Waals surface area contributed by atoms with Gasteiger partial charge < -0.3 is 14.6 Å². The molecule has 0 aromatic heterocycles. The van der Waals surface area contributed by atoms with E-state index in [1.807, 2.05) is 12.1 Å². The zero-order chi connectivity index (χ0) is 20.8. The van der Waals surface area contributed by atoms with E-state index >= 15 is 0 Å². The van der Waals surface area contributed by atoms with Gasteiger partial charge >= 0.3 is 0 Å². The van der Waals surface area contributed by atoms with E-state index in [2.05, 4.69) is 53.2 Å². The highest BCUT2D eigenvalue weighted by molar-refractivity contribution is 5.33. The van der Waals surface area contributed by atoms with Gasteiger partial charge in [0, 0.05) is 51.0 Å². The lowest BCUT2D eigenvalue weighted by Gasteiger charge is -2.32. The zero-order valence-electron chi connectivity index (χ0n) is 18.0. The van der Waals surface area contributed by atoms with E-state index in [1.165, 1.54) is 16.7 Å². The Morgan fingerprint density at radius 2 is 1.83 bits per heavy atom. The van der Waals surface area contributed by atoms with Crippen LogP contribution in [-0.2, 0) is 24.2 Å². The number of nitrogens with zero attached hydrogens (tertiary/aromatic N) is 2. The van der Waals surface area contributed by atoms with Crippen molar-refractivity contribution >= 4 is 0 Å². The monoisotopic (exact) mass is 410 g/mol. The molecule has 1 saturated heterocycles. The molecular weight excluding hydrogens is 376 g/mol. The molecule has 0 spiro atoms. The fraction of sp³-hybridized carbons (Fsp3) is 0.520. The number of benzene rings is 2. The van der Waals surface area contributed by atoms with Crippen LogP contribution in [-0.4, -0.2) is 67.0 Å². The fourth-order valence-electron chi connectivity index (χ4n) is 4.55. The normalized spacial score (nSPS) is 18.9. The van der Waals surface area contributed by atoms with Crippen molar-refractivity contribution in [1.82, 2.24) is 9.80 Å². The Labute approximate surface area is 180 Å². The highest BCUT2D eigenvalue weighted by atomic mass is 16.5. The number of β-amino-alcohol motifs (C(OH)–C–C–N with tert-alkyl or cyclic N) is 1. The van der Waals surface area contributed by atoms with E-state index < -0.39 is 6.10 Å². The minimum atomic E-state index is -0.503. The van der Waals surface area contributed by atoms with Gasteiger partial charge in [-0.2, -0.15) is 0 Å². The van der Waals surface area contributed by atoms with Crippen molar-refractivity contribution in [3.63, 3.8) is 0 Å². The molecule has 162 valence electrons. The van der Waals surface area contributed by atoms with Crippen LogP contribution in [0.5, 0.6) is 5.75 Å². The van der Waals surface area contributed by atoms with Gasteiger partial charge in [-0.25, -0.2) is 0 Å². The van der Waals surface area contributed by atoms with Crippen molar-refractivity contribution in [2.24, 2.45) is 0 Å². The topological polar surface area (TPSA) is 45.2 Å². The van der Waals surface area contributed by atoms with Crippen LogP contribution in [0.4, 0.5) is 0 Å². The summed E-state index contributed by atoms with van der Waals surface area (Å²) in [5, 5.41) is 10.6. The van der Waals surface area contributed by atoms with Crippen molar-refractivity contribution in [2.75, 3.05) is 40.0 Å². The number of para-hydroxylation sites is 1. The third kappa shape index (κ3) is 5.61. The number of aliphatic hydroxyl groups excluding tert-OH is 1. The van der Waals surface area contributed by atoms with Crippen LogP contribution in [0.25, 0.3) is 0 Å². The molecule has 0 saturated carbocycles. The zero-order valence-corrected chi connectivity index (χ0v) is 18.0. The van der Waals surface area contributed by atoms with E-state index in [9.17, 15) is 5.11 Å². The van der Waals surface area contributed by atoms with Gasteiger partial charge in [0.1, 0.15) is 18.5 Å². The molecule has 2 aliphatic heterocycles. The molecule has 2 aromatic rings. The average molecular weight is 411 g/mol. The smallest absolute Gasteiger partial charge is 0.123 e. The highest BCUT2D eigenvalue weighted by Crippen LogP contribution is 2.23. The van der Waals surface area contributed by atoms with Crippen molar-refractivity contribution in [3.05, 3.63) is 65.2 Å². The fourth-order valence-corrected chi connectivity index (χ4v) is 4.55. The summed E-state index contributed by atoms with van der Waals surface area (Å²) in [7, 11) is 2.18. The molecule has 1 unspecified atom stereocenters. The lowest BCUT2D eigenvalue weighted by atomic mass is 10.00. The first-order chi connectivity index (χ1) is 14.7. The molecule has 0 aliphatic carbocycles. The van der Waals surface area contributed by atoms with Gasteiger partial charge in [0.2, 0.25) is 0 Å². The standard InChI is InChI=1S/C25H34N2O3/c1-26(23-11-14-29-15-12-23)16-22-8-4-5-9-25(22)30-19-24(28)18-27-13-10-20-6-2-3-7-21(20)17-27/h2-9,23-24,28H,10-19H2,1H3. The predicted octanol–water partition coefficient (Wildman–Crippen LogP) is 3.10. The first-order valence-corrected chi connectivity index (χ1v) is 11.1. The van der Waals surface area contributed by atoms with Gasteiger partial charge in [0.15, 0.2) is 0 Å². The molecule has 1 fully saturated rings. The Morgan fingerprint density at radius 1 is 1.10 bits per heavy atom. The van der Waals surface area contributed by atoms with Crippen LogP contribution in [0.3, 0.4) is 0 Å². The number of fused-ring (bicyclic) bond motifs is 1. The molecule has 2 heterocycles. The molecule has 0 bridgehead atoms. The largest absolute Gasteiger partial charge is 0.491 e. The summed E-state index contributed by atoms with van der Waals surface area (Å²) in [6, 6.07) is 17.3. The van der Waals surface area contributed by atoms with E-state index in [-0.39, 0.29) is 0 Å². The maximum Gasteiger partial charge on any atom is 0.123 e. The molecule has 2 aliphatic rings. The summed E-state index contributed by atoms with van der Waals surface area (Å²) in [6.07, 6.45) is 2.70. The van der Waals surface area contributed by atoms with Crippen LogP contribution in [0.2, 0.25) is 0 Å². The number of aliphatic hydroxyl groups is 1. The lowest BCUT2D eigenvalue weighted by molar-refractivity contribution is 0.0398. The van der Waals surface area contributed by atoms with Gasteiger partial charge in [0.25, 0.3) is 0 Å².